The largest absolute Gasteiger partial charge is 0.416 e. The summed E-state index contributed by atoms with van der Waals surface area (Å²) in [6.07, 6.45) is -3.72. The number of amides is 3. The molecule has 1 aromatic carbocycles. The average molecular weight is 412 g/mol. The van der Waals surface area contributed by atoms with Gasteiger partial charge in [-0.3, -0.25) is 4.79 Å². The smallest absolute Gasteiger partial charge is 0.368 e. The number of alkyl halides is 3. The van der Waals surface area contributed by atoms with Crippen molar-refractivity contribution in [3.8, 4) is 0 Å². The van der Waals surface area contributed by atoms with Gasteiger partial charge in [-0.05, 0) is 30.7 Å². The minimum absolute atomic E-state index is 0.0472. The second-order valence-electron chi connectivity index (χ2n) is 7.76. The fraction of sp³-hybridized carbons (Fsp3) is 0.579. The summed E-state index contributed by atoms with van der Waals surface area (Å²) in [6.45, 7) is 2.07. The van der Waals surface area contributed by atoms with Gasteiger partial charge in [0, 0.05) is 38.9 Å². The number of anilines is 1. The van der Waals surface area contributed by atoms with Crippen molar-refractivity contribution in [2.75, 3.05) is 44.7 Å². The number of likely N-dealkylation sites (N-methyl/N-ethyl adjacent to an activating group) is 1. The van der Waals surface area contributed by atoms with Crippen molar-refractivity contribution < 1.29 is 27.5 Å². The van der Waals surface area contributed by atoms with E-state index in [1.165, 1.54) is 12.1 Å². The van der Waals surface area contributed by atoms with E-state index in [4.69, 9.17) is 4.74 Å². The standard InChI is InChI=1S/C19H23F3N4O3/c1-24(13-4-2-12(3-5-13)19(20,21)22)14-8-26(9-14)18(28)25-7-6-16-15(10-25)23-17(27)11-29-16/h2-5,14-16H,6-11H2,1H3,(H,23,27). The van der Waals surface area contributed by atoms with Crippen LogP contribution in [0.4, 0.5) is 23.7 Å². The van der Waals surface area contributed by atoms with Crippen LogP contribution >= 0.6 is 0 Å². The van der Waals surface area contributed by atoms with E-state index in [0.717, 1.165) is 12.1 Å². The maximum absolute atomic E-state index is 12.8. The van der Waals surface area contributed by atoms with Crippen LogP contribution in [0.15, 0.2) is 24.3 Å². The molecule has 4 rings (SSSR count). The van der Waals surface area contributed by atoms with Gasteiger partial charge in [-0.1, -0.05) is 0 Å². The minimum atomic E-state index is -4.35. The molecule has 2 unspecified atom stereocenters. The minimum Gasteiger partial charge on any atom is -0.368 e. The summed E-state index contributed by atoms with van der Waals surface area (Å²) >= 11 is 0. The summed E-state index contributed by atoms with van der Waals surface area (Å²) in [5.74, 6) is -0.164. The third-order valence-electron chi connectivity index (χ3n) is 5.88. The lowest BCUT2D eigenvalue weighted by Crippen LogP contribution is -2.66. The zero-order valence-corrected chi connectivity index (χ0v) is 16.0. The molecule has 29 heavy (non-hydrogen) atoms. The van der Waals surface area contributed by atoms with Crippen molar-refractivity contribution >= 4 is 17.6 Å². The van der Waals surface area contributed by atoms with Gasteiger partial charge in [-0.2, -0.15) is 13.2 Å². The van der Waals surface area contributed by atoms with Crippen molar-refractivity contribution in [2.24, 2.45) is 0 Å². The molecule has 3 saturated heterocycles. The van der Waals surface area contributed by atoms with Crippen LogP contribution in [-0.4, -0.2) is 79.8 Å². The monoisotopic (exact) mass is 412 g/mol. The molecule has 0 saturated carbocycles. The van der Waals surface area contributed by atoms with Crippen molar-refractivity contribution in [1.82, 2.24) is 15.1 Å². The van der Waals surface area contributed by atoms with Crippen LogP contribution < -0.4 is 10.2 Å². The first-order valence-corrected chi connectivity index (χ1v) is 9.57. The fourth-order valence-electron chi connectivity index (χ4n) is 4.03. The third-order valence-corrected chi connectivity index (χ3v) is 5.88. The summed E-state index contributed by atoms with van der Waals surface area (Å²) in [5, 5.41) is 2.88. The SMILES string of the molecule is CN(c1ccc(C(F)(F)F)cc1)C1CN(C(=O)N2CCC3OCC(=O)NC3C2)C1. The number of hydrogen-bond acceptors (Lipinski definition) is 4. The van der Waals surface area contributed by atoms with E-state index in [1.807, 2.05) is 11.9 Å². The van der Waals surface area contributed by atoms with Crippen molar-refractivity contribution in [1.29, 1.82) is 0 Å². The number of halogens is 3. The van der Waals surface area contributed by atoms with Crippen LogP contribution in [0.1, 0.15) is 12.0 Å². The van der Waals surface area contributed by atoms with Gasteiger partial charge in [-0.15, -0.1) is 0 Å². The first-order valence-electron chi connectivity index (χ1n) is 9.57. The zero-order chi connectivity index (χ0) is 20.8. The Morgan fingerprint density at radius 2 is 1.86 bits per heavy atom. The molecular weight excluding hydrogens is 389 g/mol. The Kier molecular flexibility index (Phi) is 5.05. The second-order valence-corrected chi connectivity index (χ2v) is 7.76. The highest BCUT2D eigenvalue weighted by atomic mass is 19.4. The molecule has 0 radical (unpaired) electrons. The molecule has 10 heteroatoms. The fourth-order valence-corrected chi connectivity index (χ4v) is 4.03. The zero-order valence-electron chi connectivity index (χ0n) is 16.0. The molecule has 1 aromatic rings. The van der Waals surface area contributed by atoms with Gasteiger partial charge < -0.3 is 24.8 Å². The maximum atomic E-state index is 12.8. The topological polar surface area (TPSA) is 65.1 Å². The molecule has 7 nitrogen and oxygen atoms in total. The Balaban J connectivity index is 1.30. The average Bonchev–Trinajstić information content (AvgIpc) is 2.65. The van der Waals surface area contributed by atoms with Gasteiger partial charge in [0.1, 0.15) is 6.61 Å². The van der Waals surface area contributed by atoms with E-state index < -0.39 is 11.7 Å². The number of carbonyl (C=O) groups excluding carboxylic acids is 2. The molecule has 3 amide bonds. The molecule has 3 aliphatic heterocycles. The predicted molar refractivity (Wildman–Crippen MR) is 98.5 cm³/mol. The van der Waals surface area contributed by atoms with Gasteiger partial charge in [0.05, 0.1) is 23.8 Å². The molecule has 3 heterocycles. The summed E-state index contributed by atoms with van der Waals surface area (Å²) in [5.41, 5.74) is 0.000213. The molecule has 158 valence electrons. The van der Waals surface area contributed by atoms with E-state index in [-0.39, 0.29) is 36.7 Å². The lowest BCUT2D eigenvalue weighted by atomic mass is 10.0. The Morgan fingerprint density at radius 3 is 2.52 bits per heavy atom. The van der Waals surface area contributed by atoms with Gasteiger partial charge >= 0.3 is 12.2 Å². The van der Waals surface area contributed by atoms with E-state index in [2.05, 4.69) is 5.32 Å². The second kappa shape index (κ2) is 7.40. The highest BCUT2D eigenvalue weighted by molar-refractivity contribution is 5.79. The number of rotatable bonds is 2. The van der Waals surface area contributed by atoms with Gasteiger partial charge in [0.25, 0.3) is 0 Å². The number of hydrogen-bond donors (Lipinski definition) is 1. The number of nitrogens with zero attached hydrogens (tertiary/aromatic N) is 3. The molecule has 0 bridgehead atoms. The molecule has 1 N–H and O–H groups in total. The Bertz CT molecular complexity index is 780. The number of fused-ring (bicyclic) bond motifs is 1. The first-order chi connectivity index (χ1) is 13.7. The van der Waals surface area contributed by atoms with Crippen molar-refractivity contribution in [3.63, 3.8) is 0 Å². The summed E-state index contributed by atoms with van der Waals surface area (Å²) in [7, 11) is 1.81. The molecule has 0 aromatic heterocycles. The number of nitrogens with one attached hydrogen (secondary N) is 1. The van der Waals surface area contributed by atoms with E-state index in [9.17, 15) is 22.8 Å². The highest BCUT2D eigenvalue weighted by Gasteiger charge is 2.41. The predicted octanol–water partition coefficient (Wildman–Crippen LogP) is 1.54. The lowest BCUT2D eigenvalue weighted by Gasteiger charge is -2.48. The number of morpholine rings is 1. The van der Waals surface area contributed by atoms with Crippen LogP contribution in [0.25, 0.3) is 0 Å². The number of benzene rings is 1. The molecular formula is C19H23F3N4O3. The van der Waals surface area contributed by atoms with Crippen LogP contribution in [0.5, 0.6) is 0 Å². The van der Waals surface area contributed by atoms with E-state index in [1.54, 1.807) is 9.80 Å². The Morgan fingerprint density at radius 1 is 1.17 bits per heavy atom. The van der Waals surface area contributed by atoms with Gasteiger partial charge in [-0.25, -0.2) is 4.79 Å². The number of ether oxygens (including phenoxy) is 1. The molecule has 3 fully saturated rings. The molecule has 0 aliphatic carbocycles. The molecule has 3 aliphatic rings. The molecule has 0 spiro atoms. The number of urea groups is 1. The van der Waals surface area contributed by atoms with Crippen LogP contribution in [0, 0.1) is 0 Å². The Labute approximate surface area is 166 Å². The number of likely N-dealkylation sites (tertiary alicyclic amines) is 2. The summed E-state index contributed by atoms with van der Waals surface area (Å²) < 4.78 is 43.6. The lowest BCUT2D eigenvalue weighted by molar-refractivity contribution is -0.140. The highest BCUT2D eigenvalue weighted by Crippen LogP contribution is 2.31. The van der Waals surface area contributed by atoms with Gasteiger partial charge in [0.15, 0.2) is 0 Å². The summed E-state index contributed by atoms with van der Waals surface area (Å²) in [4.78, 5) is 29.6. The Hall–Kier alpha value is -2.49. The summed E-state index contributed by atoms with van der Waals surface area (Å²) in [6, 6.07) is 4.82. The van der Waals surface area contributed by atoms with Crippen molar-refractivity contribution in [2.45, 2.75) is 30.8 Å². The third kappa shape index (κ3) is 3.98. The number of carbonyl (C=O) groups is 2. The van der Waals surface area contributed by atoms with Gasteiger partial charge in [0.2, 0.25) is 5.91 Å². The van der Waals surface area contributed by atoms with E-state index >= 15 is 0 Å². The normalized spacial score (nSPS) is 25.2. The quantitative estimate of drug-likeness (QED) is 0.801. The van der Waals surface area contributed by atoms with E-state index in [0.29, 0.717) is 38.3 Å². The van der Waals surface area contributed by atoms with Crippen molar-refractivity contribution in [3.05, 3.63) is 29.8 Å². The van der Waals surface area contributed by atoms with Crippen LogP contribution in [-0.2, 0) is 15.7 Å². The molecule has 2 atom stereocenters. The maximum Gasteiger partial charge on any atom is 0.416 e. The van der Waals surface area contributed by atoms with Crippen LogP contribution in [0.3, 0.4) is 0 Å². The van der Waals surface area contributed by atoms with Crippen LogP contribution in [0.2, 0.25) is 0 Å². The first kappa shape index (κ1) is 19.8. The number of piperidine rings is 1.